The van der Waals surface area contributed by atoms with Gasteiger partial charge in [0.2, 0.25) is 5.91 Å². The molecule has 1 heterocycles. The fraction of sp³-hybridized carbons (Fsp3) is 0.412. The Morgan fingerprint density at radius 1 is 1.27 bits per heavy atom. The van der Waals surface area contributed by atoms with Crippen molar-refractivity contribution in [3.8, 4) is 0 Å². The lowest BCUT2D eigenvalue weighted by atomic mass is 9.86. The Labute approximate surface area is 129 Å². The number of carboxylic acids is 1. The van der Waals surface area contributed by atoms with E-state index in [-0.39, 0.29) is 23.6 Å². The van der Waals surface area contributed by atoms with E-state index in [2.05, 4.69) is 31.1 Å². The second kappa shape index (κ2) is 5.83. The number of carbonyl (C=O) groups excluding carboxylic acids is 1. The quantitative estimate of drug-likeness (QED) is 0.811. The molecule has 5 nitrogen and oxygen atoms in total. The van der Waals surface area contributed by atoms with Crippen molar-refractivity contribution in [2.75, 3.05) is 0 Å². The van der Waals surface area contributed by atoms with Crippen LogP contribution in [0.1, 0.15) is 55.7 Å². The zero-order chi connectivity index (χ0) is 16.5. The third-order valence-electron chi connectivity index (χ3n) is 3.77. The van der Waals surface area contributed by atoms with Gasteiger partial charge < -0.3 is 15.4 Å². The van der Waals surface area contributed by atoms with Gasteiger partial charge in [0.25, 0.3) is 0 Å². The minimum absolute atomic E-state index is 0.0290. The van der Waals surface area contributed by atoms with Crippen LogP contribution in [0.5, 0.6) is 0 Å². The Morgan fingerprint density at radius 2 is 1.95 bits per heavy atom. The van der Waals surface area contributed by atoms with E-state index in [0.29, 0.717) is 12.0 Å². The largest absolute Gasteiger partial charge is 0.477 e. The van der Waals surface area contributed by atoms with Crippen molar-refractivity contribution in [1.82, 2.24) is 10.3 Å². The minimum Gasteiger partial charge on any atom is -0.477 e. The molecule has 0 bridgehead atoms. The van der Waals surface area contributed by atoms with Crippen LogP contribution in [0.4, 0.5) is 0 Å². The molecule has 5 heteroatoms. The predicted molar refractivity (Wildman–Crippen MR) is 86.1 cm³/mol. The number of fused-ring (bicyclic) bond motifs is 1. The lowest BCUT2D eigenvalue weighted by Gasteiger charge is -2.19. The highest BCUT2D eigenvalue weighted by molar-refractivity contribution is 5.98. The number of amides is 1. The minimum atomic E-state index is -1.02. The molecular weight excluding hydrogens is 280 g/mol. The molecule has 0 aliphatic carbocycles. The highest BCUT2D eigenvalue weighted by Crippen LogP contribution is 2.29. The zero-order valence-corrected chi connectivity index (χ0v) is 13.4. The molecule has 0 aliphatic heterocycles. The van der Waals surface area contributed by atoms with Gasteiger partial charge in [-0.25, -0.2) is 4.79 Å². The van der Waals surface area contributed by atoms with E-state index >= 15 is 0 Å². The lowest BCUT2D eigenvalue weighted by molar-refractivity contribution is -0.120. The molecule has 0 spiro atoms. The summed E-state index contributed by atoms with van der Waals surface area (Å²) in [6.07, 6.45) is 0.373. The highest BCUT2D eigenvalue weighted by Gasteiger charge is 2.20. The maximum atomic E-state index is 11.5. The highest BCUT2D eigenvalue weighted by atomic mass is 16.4. The van der Waals surface area contributed by atoms with Gasteiger partial charge in [-0.05, 0) is 23.1 Å². The van der Waals surface area contributed by atoms with Crippen LogP contribution in [0.3, 0.4) is 0 Å². The fourth-order valence-electron chi connectivity index (χ4n) is 2.39. The van der Waals surface area contributed by atoms with Crippen molar-refractivity contribution in [1.29, 1.82) is 0 Å². The summed E-state index contributed by atoms with van der Waals surface area (Å²) in [4.78, 5) is 25.9. The average Bonchev–Trinajstić information content (AvgIpc) is 2.81. The molecule has 2 rings (SSSR count). The number of rotatable bonds is 4. The number of hydrogen-bond acceptors (Lipinski definition) is 2. The number of aromatic nitrogens is 1. The van der Waals surface area contributed by atoms with E-state index in [1.165, 1.54) is 0 Å². The topological polar surface area (TPSA) is 82.2 Å². The Hall–Kier alpha value is -2.30. The number of benzene rings is 1. The van der Waals surface area contributed by atoms with Gasteiger partial charge in [-0.15, -0.1) is 0 Å². The number of H-pyrrole nitrogens is 1. The summed E-state index contributed by atoms with van der Waals surface area (Å²) in [5, 5.41) is 13.0. The number of aromatic carboxylic acids is 1. The molecule has 0 aliphatic rings. The van der Waals surface area contributed by atoms with Crippen molar-refractivity contribution < 1.29 is 14.7 Å². The van der Waals surface area contributed by atoms with Crippen molar-refractivity contribution >= 4 is 22.8 Å². The first-order chi connectivity index (χ1) is 10.2. The van der Waals surface area contributed by atoms with Crippen molar-refractivity contribution in [3.05, 3.63) is 35.0 Å². The van der Waals surface area contributed by atoms with Crippen molar-refractivity contribution in [2.24, 2.45) is 0 Å². The summed E-state index contributed by atoms with van der Waals surface area (Å²) in [5.41, 5.74) is 2.62. The van der Waals surface area contributed by atoms with E-state index in [9.17, 15) is 14.7 Å². The number of hydrogen-bond donors (Lipinski definition) is 3. The molecule has 1 amide bonds. The molecule has 2 aromatic rings. The molecule has 0 radical (unpaired) electrons. The predicted octanol–water partition coefficient (Wildman–Crippen LogP) is 3.19. The van der Waals surface area contributed by atoms with Gasteiger partial charge in [0, 0.05) is 29.4 Å². The number of nitrogens with one attached hydrogen (secondary N) is 2. The second-order valence-corrected chi connectivity index (χ2v) is 6.42. The molecular formula is C17H22N2O3. The lowest BCUT2D eigenvalue weighted by Crippen LogP contribution is -2.22. The summed E-state index contributed by atoms with van der Waals surface area (Å²) >= 11 is 0. The van der Waals surface area contributed by atoms with Crippen LogP contribution in [0, 0.1) is 0 Å². The molecule has 22 heavy (non-hydrogen) atoms. The monoisotopic (exact) mass is 302 g/mol. The maximum absolute atomic E-state index is 11.5. The third kappa shape index (κ3) is 3.13. The Bertz CT molecular complexity index is 723. The van der Waals surface area contributed by atoms with Gasteiger partial charge in [0.1, 0.15) is 5.69 Å². The number of carboxylic acid groups (broad SMARTS) is 1. The van der Waals surface area contributed by atoms with Crippen LogP contribution in [0.2, 0.25) is 0 Å². The van der Waals surface area contributed by atoms with Gasteiger partial charge in [0.15, 0.2) is 0 Å². The molecule has 0 unspecified atom stereocenters. The van der Waals surface area contributed by atoms with E-state index < -0.39 is 5.97 Å². The number of aromatic amines is 1. The van der Waals surface area contributed by atoms with Gasteiger partial charge in [-0.1, -0.05) is 33.8 Å². The normalized spacial score (nSPS) is 11.6. The van der Waals surface area contributed by atoms with Crippen LogP contribution in [0.25, 0.3) is 10.9 Å². The van der Waals surface area contributed by atoms with E-state index in [0.717, 1.165) is 16.5 Å². The molecule has 0 saturated carbocycles. The van der Waals surface area contributed by atoms with Crippen LogP contribution < -0.4 is 5.32 Å². The molecule has 3 N–H and O–H groups in total. The average molecular weight is 302 g/mol. The van der Waals surface area contributed by atoms with Crippen molar-refractivity contribution in [2.45, 2.75) is 46.1 Å². The Kier molecular flexibility index (Phi) is 4.26. The Balaban J connectivity index is 2.55. The summed E-state index contributed by atoms with van der Waals surface area (Å²) in [7, 11) is 0. The first-order valence-corrected chi connectivity index (χ1v) is 7.39. The van der Waals surface area contributed by atoms with Crippen LogP contribution in [-0.2, 0) is 16.8 Å². The van der Waals surface area contributed by atoms with E-state index in [1.54, 1.807) is 6.92 Å². The molecule has 1 aromatic heterocycles. The van der Waals surface area contributed by atoms with E-state index in [4.69, 9.17) is 0 Å². The maximum Gasteiger partial charge on any atom is 0.352 e. The first-order valence-electron chi connectivity index (χ1n) is 7.39. The summed E-state index contributed by atoms with van der Waals surface area (Å²) in [6.45, 7) is 8.30. The van der Waals surface area contributed by atoms with Gasteiger partial charge in [-0.2, -0.15) is 0 Å². The van der Waals surface area contributed by atoms with Crippen LogP contribution in [-0.4, -0.2) is 22.0 Å². The molecule has 0 atom stereocenters. The Morgan fingerprint density at radius 3 is 2.50 bits per heavy atom. The third-order valence-corrected chi connectivity index (χ3v) is 3.77. The summed E-state index contributed by atoms with van der Waals surface area (Å²) in [6, 6.07) is 5.90. The van der Waals surface area contributed by atoms with E-state index in [1.807, 2.05) is 18.2 Å². The molecule has 0 saturated heterocycles. The first kappa shape index (κ1) is 16.1. The zero-order valence-electron chi connectivity index (χ0n) is 13.4. The van der Waals surface area contributed by atoms with Gasteiger partial charge >= 0.3 is 5.97 Å². The number of carbonyl (C=O) groups is 2. The van der Waals surface area contributed by atoms with Crippen LogP contribution in [0.15, 0.2) is 18.2 Å². The smallest absolute Gasteiger partial charge is 0.352 e. The SMILES string of the molecule is CCC(=O)NCc1c(C(=O)O)[nH]c2ccc(C(C)(C)C)cc12. The van der Waals surface area contributed by atoms with Crippen LogP contribution >= 0.6 is 0 Å². The fourth-order valence-corrected chi connectivity index (χ4v) is 2.39. The second-order valence-electron chi connectivity index (χ2n) is 6.42. The van der Waals surface area contributed by atoms with Crippen molar-refractivity contribution in [3.63, 3.8) is 0 Å². The van der Waals surface area contributed by atoms with Gasteiger partial charge in [0.05, 0.1) is 0 Å². The molecule has 118 valence electrons. The molecule has 0 fully saturated rings. The molecule has 1 aromatic carbocycles. The standard InChI is InChI=1S/C17H22N2O3/c1-5-14(20)18-9-12-11-8-10(17(2,3)4)6-7-13(11)19-15(12)16(21)22/h6-8,19H,5,9H2,1-4H3,(H,18,20)(H,21,22). The van der Waals surface area contributed by atoms with Gasteiger partial charge in [-0.3, -0.25) is 4.79 Å². The summed E-state index contributed by atoms with van der Waals surface area (Å²) < 4.78 is 0. The summed E-state index contributed by atoms with van der Waals surface area (Å²) in [5.74, 6) is -1.12.